The van der Waals surface area contributed by atoms with Crippen LogP contribution in [0.3, 0.4) is 0 Å². The number of aliphatic carboxylic acids is 1. The number of carbonyl (C=O) groups is 1. The molecule has 4 heterocycles. The molecule has 8 nitrogen and oxygen atoms in total. The predicted molar refractivity (Wildman–Crippen MR) is 144 cm³/mol. The van der Waals surface area contributed by atoms with Gasteiger partial charge in [0, 0.05) is 38.5 Å². The first-order chi connectivity index (χ1) is 18.6. The number of pyridine rings is 1. The number of benzene rings is 1. The van der Waals surface area contributed by atoms with Crippen LogP contribution < -0.4 is 5.32 Å². The lowest BCUT2D eigenvalue weighted by Gasteiger charge is -2.30. The SMILES string of the molecule is N#Cc1ccc(C(C(=O)O)N2CCC(OCCCCc3ccc4c(n3)NCCC4)C2)c(C2CCCCO2)c1. The van der Waals surface area contributed by atoms with Gasteiger partial charge in [-0.2, -0.15) is 5.26 Å². The second-order valence-corrected chi connectivity index (χ2v) is 10.6. The standard InChI is InChI=1S/C30H38N4O4/c31-19-21-9-12-25(26(18-21)27-8-2-4-17-38-27)28(30(35)36)34-15-13-24(20-34)37-16-3-1-7-23-11-10-22-6-5-14-32-29(22)33-23/h9-12,18,24,27-28H,1-8,13-17,20H2,(H,32,33)(H,35,36). The Labute approximate surface area is 225 Å². The molecule has 0 amide bonds. The number of anilines is 1. The van der Waals surface area contributed by atoms with Crippen molar-refractivity contribution in [1.82, 2.24) is 9.88 Å². The zero-order valence-electron chi connectivity index (χ0n) is 22.0. The third-order valence-corrected chi connectivity index (χ3v) is 7.95. The maximum absolute atomic E-state index is 12.5. The molecule has 202 valence electrons. The van der Waals surface area contributed by atoms with Gasteiger partial charge in [-0.1, -0.05) is 12.1 Å². The molecule has 8 heteroatoms. The monoisotopic (exact) mass is 518 g/mol. The van der Waals surface area contributed by atoms with Crippen LogP contribution in [0.25, 0.3) is 0 Å². The molecular formula is C30H38N4O4. The summed E-state index contributed by atoms with van der Waals surface area (Å²) in [6.45, 7) is 3.58. The number of aromatic nitrogens is 1. The molecule has 0 aliphatic carbocycles. The molecule has 5 rings (SSSR count). The summed E-state index contributed by atoms with van der Waals surface area (Å²) < 4.78 is 12.2. The van der Waals surface area contributed by atoms with E-state index in [4.69, 9.17) is 14.5 Å². The zero-order chi connectivity index (χ0) is 26.3. The second-order valence-electron chi connectivity index (χ2n) is 10.6. The van der Waals surface area contributed by atoms with Crippen molar-refractivity contribution in [2.24, 2.45) is 0 Å². The average molecular weight is 519 g/mol. The Balaban J connectivity index is 1.15. The highest BCUT2D eigenvalue weighted by molar-refractivity contribution is 5.76. The Morgan fingerprint density at radius 2 is 2.16 bits per heavy atom. The molecule has 2 aromatic rings. The van der Waals surface area contributed by atoms with Crippen LogP contribution in [0.15, 0.2) is 30.3 Å². The molecule has 1 aromatic carbocycles. The molecule has 3 aliphatic heterocycles. The summed E-state index contributed by atoms with van der Waals surface area (Å²) in [6.07, 6.45) is 8.73. The average Bonchev–Trinajstić information content (AvgIpc) is 3.41. The number of nitrogens with one attached hydrogen (secondary N) is 1. The Morgan fingerprint density at radius 3 is 2.97 bits per heavy atom. The molecule has 2 saturated heterocycles. The third-order valence-electron chi connectivity index (χ3n) is 7.95. The summed E-state index contributed by atoms with van der Waals surface area (Å²) in [5.74, 6) is 0.170. The van der Waals surface area contributed by atoms with Gasteiger partial charge in [0.2, 0.25) is 0 Å². The van der Waals surface area contributed by atoms with Gasteiger partial charge in [0.05, 0.1) is 23.8 Å². The number of likely N-dealkylation sites (tertiary alicyclic amines) is 1. The van der Waals surface area contributed by atoms with Crippen molar-refractivity contribution in [1.29, 1.82) is 5.26 Å². The molecule has 3 aliphatic rings. The molecule has 0 saturated carbocycles. The lowest BCUT2D eigenvalue weighted by atomic mass is 9.90. The van der Waals surface area contributed by atoms with Gasteiger partial charge in [-0.15, -0.1) is 0 Å². The van der Waals surface area contributed by atoms with E-state index in [0.29, 0.717) is 31.9 Å². The largest absolute Gasteiger partial charge is 0.480 e. The van der Waals surface area contributed by atoms with Gasteiger partial charge in [-0.3, -0.25) is 9.69 Å². The first-order valence-electron chi connectivity index (χ1n) is 14.1. The minimum Gasteiger partial charge on any atom is -0.480 e. The summed E-state index contributed by atoms with van der Waals surface area (Å²) in [5, 5.41) is 23.1. The number of hydrogen-bond donors (Lipinski definition) is 2. The first-order valence-corrected chi connectivity index (χ1v) is 14.1. The van der Waals surface area contributed by atoms with Crippen LogP contribution in [0.4, 0.5) is 5.82 Å². The minimum absolute atomic E-state index is 0.0238. The number of unbranched alkanes of at least 4 members (excludes halogenated alkanes) is 1. The molecule has 38 heavy (non-hydrogen) atoms. The van der Waals surface area contributed by atoms with Crippen molar-refractivity contribution in [2.45, 2.75) is 76.0 Å². The Kier molecular flexibility index (Phi) is 8.90. The van der Waals surface area contributed by atoms with Gasteiger partial charge in [0.15, 0.2) is 0 Å². The topological polar surface area (TPSA) is 108 Å². The number of carboxylic acids is 1. The van der Waals surface area contributed by atoms with Crippen LogP contribution in [0.1, 0.15) is 85.0 Å². The lowest BCUT2D eigenvalue weighted by Crippen LogP contribution is -2.34. The fraction of sp³-hybridized carbons (Fsp3) is 0.567. The van der Waals surface area contributed by atoms with E-state index in [-0.39, 0.29) is 12.2 Å². The minimum atomic E-state index is -0.876. The van der Waals surface area contributed by atoms with Crippen LogP contribution in [0.2, 0.25) is 0 Å². The van der Waals surface area contributed by atoms with Crippen molar-refractivity contribution >= 4 is 11.8 Å². The fourth-order valence-corrected chi connectivity index (χ4v) is 5.93. The maximum atomic E-state index is 12.5. The highest BCUT2D eigenvalue weighted by Crippen LogP contribution is 2.37. The summed E-state index contributed by atoms with van der Waals surface area (Å²) >= 11 is 0. The maximum Gasteiger partial charge on any atom is 0.325 e. The van der Waals surface area contributed by atoms with E-state index in [9.17, 15) is 15.2 Å². The second kappa shape index (κ2) is 12.7. The van der Waals surface area contributed by atoms with Gasteiger partial charge >= 0.3 is 5.97 Å². The van der Waals surface area contributed by atoms with Crippen molar-refractivity contribution in [3.8, 4) is 6.07 Å². The van der Waals surface area contributed by atoms with Crippen molar-refractivity contribution in [3.05, 3.63) is 58.3 Å². The fourth-order valence-electron chi connectivity index (χ4n) is 5.93. The van der Waals surface area contributed by atoms with Gasteiger partial charge < -0.3 is 19.9 Å². The van der Waals surface area contributed by atoms with E-state index in [2.05, 4.69) is 23.5 Å². The van der Waals surface area contributed by atoms with Gasteiger partial charge in [-0.25, -0.2) is 4.98 Å². The number of fused-ring (bicyclic) bond motifs is 1. The Morgan fingerprint density at radius 1 is 1.24 bits per heavy atom. The van der Waals surface area contributed by atoms with E-state index in [0.717, 1.165) is 80.6 Å². The van der Waals surface area contributed by atoms with Crippen molar-refractivity contribution in [2.75, 3.05) is 38.2 Å². The lowest BCUT2D eigenvalue weighted by molar-refractivity contribution is -0.143. The number of carboxylic acid groups (broad SMARTS) is 1. The van der Waals surface area contributed by atoms with E-state index in [1.807, 2.05) is 17.0 Å². The van der Waals surface area contributed by atoms with E-state index >= 15 is 0 Å². The molecule has 2 fully saturated rings. The number of nitriles is 1. The molecule has 0 spiro atoms. The quantitative estimate of drug-likeness (QED) is 0.432. The summed E-state index contributed by atoms with van der Waals surface area (Å²) in [6, 6.07) is 11.1. The molecule has 3 atom stereocenters. The van der Waals surface area contributed by atoms with Gasteiger partial charge in [0.1, 0.15) is 11.9 Å². The number of hydrogen-bond acceptors (Lipinski definition) is 7. The Hall–Kier alpha value is -2.99. The van der Waals surface area contributed by atoms with E-state index < -0.39 is 12.0 Å². The van der Waals surface area contributed by atoms with Crippen LogP contribution in [0.5, 0.6) is 0 Å². The predicted octanol–water partition coefficient (Wildman–Crippen LogP) is 4.79. The molecule has 2 N–H and O–H groups in total. The van der Waals surface area contributed by atoms with Crippen LogP contribution >= 0.6 is 0 Å². The molecular weight excluding hydrogens is 480 g/mol. The molecule has 3 unspecified atom stereocenters. The molecule has 0 bridgehead atoms. The molecule has 0 radical (unpaired) electrons. The van der Waals surface area contributed by atoms with Gasteiger partial charge in [0.25, 0.3) is 0 Å². The van der Waals surface area contributed by atoms with Crippen LogP contribution in [-0.4, -0.2) is 59.9 Å². The highest BCUT2D eigenvalue weighted by atomic mass is 16.5. The van der Waals surface area contributed by atoms with Crippen molar-refractivity contribution in [3.63, 3.8) is 0 Å². The summed E-state index contributed by atoms with van der Waals surface area (Å²) in [7, 11) is 0. The van der Waals surface area contributed by atoms with Gasteiger partial charge in [-0.05, 0) is 92.7 Å². The smallest absolute Gasteiger partial charge is 0.325 e. The number of nitrogens with zero attached hydrogens (tertiary/aromatic N) is 3. The summed E-state index contributed by atoms with van der Waals surface area (Å²) in [5.41, 5.74) is 4.54. The molecule has 1 aromatic heterocycles. The Bertz CT molecular complexity index is 1160. The number of ether oxygens (including phenoxy) is 2. The normalized spacial score (nSPS) is 22.3. The van der Waals surface area contributed by atoms with Crippen LogP contribution in [0, 0.1) is 11.3 Å². The first kappa shape index (κ1) is 26.6. The number of aryl methyl sites for hydroxylation is 2. The zero-order valence-corrected chi connectivity index (χ0v) is 22.0. The number of rotatable bonds is 10. The van der Waals surface area contributed by atoms with E-state index in [1.54, 1.807) is 6.07 Å². The third kappa shape index (κ3) is 6.35. The summed E-state index contributed by atoms with van der Waals surface area (Å²) in [4.78, 5) is 19.3. The van der Waals surface area contributed by atoms with E-state index in [1.165, 1.54) is 12.0 Å². The highest BCUT2D eigenvalue weighted by Gasteiger charge is 2.36. The van der Waals surface area contributed by atoms with Crippen molar-refractivity contribution < 1.29 is 19.4 Å². The van der Waals surface area contributed by atoms with Crippen LogP contribution in [-0.2, 0) is 27.1 Å².